The van der Waals surface area contributed by atoms with E-state index in [1.54, 1.807) is 0 Å². The second-order valence-corrected chi connectivity index (χ2v) is 6.14. The Bertz CT molecular complexity index is 560. The van der Waals surface area contributed by atoms with Gasteiger partial charge in [-0.3, -0.25) is 0 Å². The van der Waals surface area contributed by atoms with E-state index < -0.39 is 0 Å². The van der Waals surface area contributed by atoms with E-state index in [0.29, 0.717) is 0 Å². The Kier molecular flexibility index (Phi) is 5.61. The molecular formula is C18H22IN. The molecule has 2 aromatic rings. The average Bonchev–Trinajstić information content (AvgIpc) is 2.48. The number of halogens is 1. The molecule has 0 aromatic heterocycles. The molecule has 0 radical (unpaired) electrons. The first-order chi connectivity index (χ1) is 9.67. The van der Waals surface area contributed by atoms with Gasteiger partial charge in [0.1, 0.15) is 0 Å². The van der Waals surface area contributed by atoms with Crippen molar-refractivity contribution in [1.82, 2.24) is 5.32 Å². The van der Waals surface area contributed by atoms with Crippen LogP contribution in [-0.4, -0.2) is 6.54 Å². The van der Waals surface area contributed by atoms with Crippen molar-refractivity contribution in [2.45, 2.75) is 33.2 Å². The first-order valence-electron chi connectivity index (χ1n) is 7.24. The summed E-state index contributed by atoms with van der Waals surface area (Å²) in [6.07, 6.45) is 1.09. The van der Waals surface area contributed by atoms with Crippen LogP contribution in [0.1, 0.15) is 42.1 Å². The molecule has 20 heavy (non-hydrogen) atoms. The summed E-state index contributed by atoms with van der Waals surface area (Å²) in [4.78, 5) is 0. The first kappa shape index (κ1) is 15.5. The summed E-state index contributed by atoms with van der Waals surface area (Å²) < 4.78 is 1.36. The molecule has 1 nitrogen and oxygen atoms in total. The molecule has 1 N–H and O–H groups in total. The van der Waals surface area contributed by atoms with Crippen molar-refractivity contribution in [3.63, 3.8) is 0 Å². The second kappa shape index (κ2) is 7.23. The third-order valence-electron chi connectivity index (χ3n) is 3.66. The Hall–Kier alpha value is -0.870. The lowest BCUT2D eigenvalue weighted by molar-refractivity contribution is 0.627. The zero-order valence-electron chi connectivity index (χ0n) is 12.4. The normalized spacial score (nSPS) is 12.4. The van der Waals surface area contributed by atoms with E-state index in [9.17, 15) is 0 Å². The van der Waals surface area contributed by atoms with Crippen molar-refractivity contribution in [3.8, 4) is 0 Å². The largest absolute Gasteiger partial charge is 0.306 e. The van der Waals surface area contributed by atoms with Gasteiger partial charge in [-0.05, 0) is 64.7 Å². The van der Waals surface area contributed by atoms with E-state index in [1.807, 2.05) is 0 Å². The third-order valence-corrected chi connectivity index (χ3v) is 5.14. The van der Waals surface area contributed by atoms with Crippen LogP contribution in [0, 0.1) is 10.5 Å². The minimum atomic E-state index is 0.276. The summed E-state index contributed by atoms with van der Waals surface area (Å²) in [6.45, 7) is 7.50. The minimum Gasteiger partial charge on any atom is -0.306 e. The van der Waals surface area contributed by atoms with Crippen LogP contribution in [0.15, 0.2) is 42.5 Å². The van der Waals surface area contributed by atoms with Gasteiger partial charge in [-0.25, -0.2) is 0 Å². The van der Waals surface area contributed by atoms with Gasteiger partial charge in [0.05, 0.1) is 6.04 Å². The van der Waals surface area contributed by atoms with E-state index in [0.717, 1.165) is 13.0 Å². The molecular weight excluding hydrogens is 357 g/mol. The van der Waals surface area contributed by atoms with Crippen LogP contribution in [0.25, 0.3) is 0 Å². The van der Waals surface area contributed by atoms with Crippen molar-refractivity contribution < 1.29 is 0 Å². The first-order valence-corrected chi connectivity index (χ1v) is 8.32. The highest BCUT2D eigenvalue weighted by Crippen LogP contribution is 2.28. The van der Waals surface area contributed by atoms with Gasteiger partial charge in [0, 0.05) is 3.57 Å². The van der Waals surface area contributed by atoms with Crippen LogP contribution in [0.4, 0.5) is 0 Å². The zero-order chi connectivity index (χ0) is 14.5. The topological polar surface area (TPSA) is 12.0 Å². The summed E-state index contributed by atoms with van der Waals surface area (Å²) in [5.41, 5.74) is 5.45. The average molecular weight is 379 g/mol. The lowest BCUT2D eigenvalue weighted by Gasteiger charge is -2.21. The quantitative estimate of drug-likeness (QED) is 0.732. The smallest absolute Gasteiger partial charge is 0.0587 e. The Balaban J connectivity index is 2.41. The standard InChI is InChI=1S/C18H22IN/c1-4-14-9-11-15(12-10-14)18(20-5-2)16-8-6-7-13(3)17(16)19/h6-12,18,20H,4-5H2,1-3H3. The molecule has 106 valence electrons. The lowest BCUT2D eigenvalue weighted by atomic mass is 9.96. The van der Waals surface area contributed by atoms with Gasteiger partial charge in [-0.1, -0.05) is 56.3 Å². The highest BCUT2D eigenvalue weighted by Gasteiger charge is 2.16. The van der Waals surface area contributed by atoms with Crippen LogP contribution in [0.3, 0.4) is 0 Å². The fourth-order valence-electron chi connectivity index (χ4n) is 2.45. The van der Waals surface area contributed by atoms with Gasteiger partial charge in [0.2, 0.25) is 0 Å². The molecule has 0 aliphatic rings. The Labute approximate surface area is 135 Å². The lowest BCUT2D eigenvalue weighted by Crippen LogP contribution is -2.23. The van der Waals surface area contributed by atoms with E-state index >= 15 is 0 Å². The number of hydrogen-bond acceptors (Lipinski definition) is 1. The molecule has 0 heterocycles. The summed E-state index contributed by atoms with van der Waals surface area (Å²) in [7, 11) is 0. The van der Waals surface area contributed by atoms with Crippen LogP contribution >= 0.6 is 22.6 Å². The maximum atomic E-state index is 3.62. The molecule has 0 aliphatic heterocycles. The fraction of sp³-hybridized carbons (Fsp3) is 0.333. The summed E-state index contributed by atoms with van der Waals surface area (Å²) in [5.74, 6) is 0. The predicted octanol–water partition coefficient (Wildman–Crippen LogP) is 4.86. The van der Waals surface area contributed by atoms with Crippen LogP contribution in [0.5, 0.6) is 0 Å². The van der Waals surface area contributed by atoms with Gasteiger partial charge in [-0.15, -0.1) is 0 Å². The van der Waals surface area contributed by atoms with Gasteiger partial charge in [0.15, 0.2) is 0 Å². The van der Waals surface area contributed by atoms with Crippen molar-refractivity contribution >= 4 is 22.6 Å². The molecule has 0 aliphatic carbocycles. The molecule has 0 fully saturated rings. The highest BCUT2D eigenvalue weighted by molar-refractivity contribution is 14.1. The van der Waals surface area contributed by atoms with Crippen molar-refractivity contribution in [2.24, 2.45) is 0 Å². The van der Waals surface area contributed by atoms with Crippen LogP contribution in [0.2, 0.25) is 0 Å². The predicted molar refractivity (Wildman–Crippen MR) is 95.2 cm³/mol. The number of nitrogens with one attached hydrogen (secondary N) is 1. The molecule has 2 rings (SSSR count). The number of benzene rings is 2. The number of aryl methyl sites for hydroxylation is 2. The maximum absolute atomic E-state index is 3.62. The number of hydrogen-bond donors (Lipinski definition) is 1. The van der Waals surface area contributed by atoms with E-state index in [-0.39, 0.29) is 6.04 Å². The van der Waals surface area contributed by atoms with Gasteiger partial charge < -0.3 is 5.32 Å². The van der Waals surface area contributed by atoms with Gasteiger partial charge in [0.25, 0.3) is 0 Å². The molecule has 0 saturated carbocycles. The van der Waals surface area contributed by atoms with E-state index in [2.05, 4.69) is 91.1 Å². The molecule has 0 amide bonds. The number of rotatable bonds is 5. The van der Waals surface area contributed by atoms with Crippen molar-refractivity contribution in [2.75, 3.05) is 6.54 Å². The van der Waals surface area contributed by atoms with Crippen molar-refractivity contribution in [3.05, 3.63) is 68.3 Å². The summed E-state index contributed by atoms with van der Waals surface area (Å²) in [6, 6.07) is 15.8. The zero-order valence-corrected chi connectivity index (χ0v) is 14.6. The maximum Gasteiger partial charge on any atom is 0.0587 e. The summed E-state index contributed by atoms with van der Waals surface area (Å²) >= 11 is 2.46. The molecule has 0 saturated heterocycles. The van der Waals surface area contributed by atoms with Gasteiger partial charge >= 0.3 is 0 Å². The molecule has 1 unspecified atom stereocenters. The Morgan fingerprint density at radius 1 is 1.05 bits per heavy atom. The second-order valence-electron chi connectivity index (χ2n) is 5.06. The molecule has 0 spiro atoms. The Morgan fingerprint density at radius 3 is 2.35 bits per heavy atom. The van der Waals surface area contributed by atoms with E-state index in [1.165, 1.54) is 25.8 Å². The monoisotopic (exact) mass is 379 g/mol. The fourth-order valence-corrected chi connectivity index (χ4v) is 3.12. The van der Waals surface area contributed by atoms with Crippen LogP contribution in [-0.2, 0) is 6.42 Å². The molecule has 1 atom stereocenters. The molecule has 0 bridgehead atoms. The SMILES string of the molecule is CCNC(c1ccc(CC)cc1)c1cccc(C)c1I. The molecule has 2 aromatic carbocycles. The van der Waals surface area contributed by atoms with Gasteiger partial charge in [-0.2, -0.15) is 0 Å². The third kappa shape index (κ3) is 3.41. The summed E-state index contributed by atoms with van der Waals surface area (Å²) in [5, 5.41) is 3.62. The molecule has 2 heteroatoms. The van der Waals surface area contributed by atoms with E-state index in [4.69, 9.17) is 0 Å². The van der Waals surface area contributed by atoms with Crippen LogP contribution < -0.4 is 5.32 Å². The Morgan fingerprint density at radius 2 is 1.75 bits per heavy atom. The minimum absolute atomic E-state index is 0.276. The van der Waals surface area contributed by atoms with Crippen molar-refractivity contribution in [1.29, 1.82) is 0 Å². The highest BCUT2D eigenvalue weighted by atomic mass is 127.